The minimum atomic E-state index is -0.643. The number of hydrogen-bond donors (Lipinski definition) is 1. The van der Waals surface area contributed by atoms with Gasteiger partial charge in [-0.25, -0.2) is 0 Å². The van der Waals surface area contributed by atoms with Crippen molar-refractivity contribution in [2.24, 2.45) is 0 Å². The molecule has 1 N–H and O–H groups in total. The van der Waals surface area contributed by atoms with Crippen LogP contribution in [0.15, 0.2) is 16.7 Å². The molecule has 94 valence electrons. The van der Waals surface area contributed by atoms with Gasteiger partial charge in [0.15, 0.2) is 10.2 Å². The molecule has 0 atom stereocenters. The van der Waals surface area contributed by atoms with Crippen molar-refractivity contribution in [3.63, 3.8) is 0 Å². The van der Waals surface area contributed by atoms with Gasteiger partial charge in [0.2, 0.25) is 0 Å². The molecule has 0 fully saturated rings. The summed E-state index contributed by atoms with van der Waals surface area (Å²) in [6.45, 7) is 1.68. The molecule has 9 heteroatoms. The van der Waals surface area contributed by atoms with E-state index in [1.165, 1.54) is 6.07 Å². The molecule has 0 saturated heterocycles. The second-order valence-corrected chi connectivity index (χ2v) is 4.96. The molecule has 18 heavy (non-hydrogen) atoms. The number of nitrogens with zero attached hydrogens (tertiary/aromatic N) is 2. The highest BCUT2D eigenvalue weighted by Crippen LogP contribution is 2.33. The average molecular weight is 288 g/mol. The van der Waals surface area contributed by atoms with E-state index < -0.39 is 10.8 Å². The smallest absolute Gasteiger partial charge is 0.299 e. The molecule has 2 aromatic rings. The van der Waals surface area contributed by atoms with Crippen LogP contribution in [0.2, 0.25) is 4.34 Å². The first-order chi connectivity index (χ1) is 8.47. The number of hydrogen-bond acceptors (Lipinski definition) is 6. The lowest BCUT2D eigenvalue weighted by atomic mass is 10.4. The normalized spacial score (nSPS) is 10.3. The Kier molecular flexibility index (Phi) is 3.30. The van der Waals surface area contributed by atoms with Crippen LogP contribution in [0.1, 0.15) is 15.4 Å². The Labute approximate surface area is 109 Å². The first-order valence-electron chi connectivity index (χ1n) is 4.66. The maximum atomic E-state index is 11.7. The second-order valence-electron chi connectivity index (χ2n) is 3.30. The van der Waals surface area contributed by atoms with Gasteiger partial charge < -0.3 is 9.84 Å². The van der Waals surface area contributed by atoms with Gasteiger partial charge in [-0.1, -0.05) is 16.8 Å². The van der Waals surface area contributed by atoms with Crippen molar-refractivity contribution in [3.8, 4) is 0 Å². The number of anilines is 1. The van der Waals surface area contributed by atoms with Crippen LogP contribution in [-0.2, 0) is 0 Å². The Morgan fingerprint density at radius 1 is 1.61 bits per heavy atom. The molecule has 0 aliphatic heterocycles. The van der Waals surface area contributed by atoms with Crippen molar-refractivity contribution in [2.45, 2.75) is 6.92 Å². The summed E-state index contributed by atoms with van der Waals surface area (Å²) in [5, 5.41) is 16.6. The van der Waals surface area contributed by atoms with E-state index in [9.17, 15) is 14.9 Å². The molecule has 0 bridgehead atoms. The van der Waals surface area contributed by atoms with Crippen LogP contribution >= 0.6 is 22.9 Å². The van der Waals surface area contributed by atoms with Gasteiger partial charge >= 0.3 is 0 Å². The number of nitro groups is 1. The lowest BCUT2D eigenvalue weighted by molar-refractivity contribution is -0.384. The van der Waals surface area contributed by atoms with Gasteiger partial charge in [0.1, 0.15) is 10.6 Å². The largest absolute Gasteiger partial charge is 0.360 e. The van der Waals surface area contributed by atoms with E-state index in [1.54, 1.807) is 6.92 Å². The van der Waals surface area contributed by atoms with Crippen LogP contribution in [0.4, 0.5) is 11.5 Å². The van der Waals surface area contributed by atoms with Crippen LogP contribution in [0, 0.1) is 17.0 Å². The summed E-state index contributed by atoms with van der Waals surface area (Å²) in [6.07, 6.45) is 0. The zero-order valence-corrected chi connectivity index (χ0v) is 10.5. The third-order valence-corrected chi connectivity index (χ3v) is 3.30. The van der Waals surface area contributed by atoms with Crippen LogP contribution < -0.4 is 5.32 Å². The summed E-state index contributed by atoms with van der Waals surface area (Å²) in [5.41, 5.74) is -0.289. The third kappa shape index (κ3) is 2.49. The van der Waals surface area contributed by atoms with E-state index in [1.807, 2.05) is 0 Å². The molecule has 0 saturated carbocycles. The summed E-state index contributed by atoms with van der Waals surface area (Å²) < 4.78 is 4.73. The summed E-state index contributed by atoms with van der Waals surface area (Å²) in [7, 11) is 0. The van der Waals surface area contributed by atoms with Gasteiger partial charge in [-0.3, -0.25) is 14.9 Å². The van der Waals surface area contributed by atoms with Crippen LogP contribution in [0.25, 0.3) is 0 Å². The third-order valence-electron chi connectivity index (χ3n) is 1.96. The van der Waals surface area contributed by atoms with E-state index in [2.05, 4.69) is 10.5 Å². The molecule has 2 rings (SSSR count). The number of amides is 1. The molecular formula is C9H6ClN3O4S. The number of rotatable bonds is 3. The number of aromatic nitrogens is 1. The van der Waals surface area contributed by atoms with Crippen molar-refractivity contribution >= 4 is 40.4 Å². The van der Waals surface area contributed by atoms with Crippen molar-refractivity contribution in [1.29, 1.82) is 0 Å². The molecular weight excluding hydrogens is 282 g/mol. The van der Waals surface area contributed by atoms with Crippen molar-refractivity contribution in [2.75, 3.05) is 5.32 Å². The fourth-order valence-corrected chi connectivity index (χ4v) is 2.32. The van der Waals surface area contributed by atoms with Crippen molar-refractivity contribution < 1.29 is 14.2 Å². The van der Waals surface area contributed by atoms with E-state index >= 15 is 0 Å². The summed E-state index contributed by atoms with van der Waals surface area (Å²) in [6, 6.07) is 2.65. The molecule has 0 spiro atoms. The molecule has 0 aromatic carbocycles. The van der Waals surface area contributed by atoms with Gasteiger partial charge in [-0.2, -0.15) is 0 Å². The molecule has 0 unspecified atom stereocenters. The van der Waals surface area contributed by atoms with Gasteiger partial charge in [-0.15, -0.1) is 11.3 Å². The SMILES string of the molecule is Cc1cc(NC(=O)c2cc([N+](=O)[O-])c(Cl)s2)no1. The molecule has 0 radical (unpaired) electrons. The molecule has 0 aliphatic rings. The number of aryl methyl sites for hydroxylation is 1. The highest BCUT2D eigenvalue weighted by Gasteiger charge is 2.21. The topological polar surface area (TPSA) is 98.3 Å². The van der Waals surface area contributed by atoms with Crippen molar-refractivity contribution in [3.05, 3.63) is 37.2 Å². The van der Waals surface area contributed by atoms with Gasteiger partial charge in [-0.05, 0) is 6.92 Å². The quantitative estimate of drug-likeness (QED) is 0.691. The Hall–Kier alpha value is -1.93. The molecule has 1 amide bonds. The number of nitrogens with one attached hydrogen (secondary N) is 1. The zero-order chi connectivity index (χ0) is 13.3. The molecule has 2 aromatic heterocycles. The predicted molar refractivity (Wildman–Crippen MR) is 65.2 cm³/mol. The van der Waals surface area contributed by atoms with E-state index in [-0.39, 0.29) is 20.7 Å². The first-order valence-corrected chi connectivity index (χ1v) is 5.85. The monoisotopic (exact) mass is 287 g/mol. The Morgan fingerprint density at radius 2 is 2.33 bits per heavy atom. The zero-order valence-electron chi connectivity index (χ0n) is 8.97. The maximum absolute atomic E-state index is 11.7. The van der Waals surface area contributed by atoms with Gasteiger partial charge in [0.25, 0.3) is 11.6 Å². The minimum Gasteiger partial charge on any atom is -0.360 e. The molecule has 0 aliphatic carbocycles. The van der Waals surface area contributed by atoms with E-state index in [4.69, 9.17) is 16.1 Å². The maximum Gasteiger partial charge on any atom is 0.299 e. The van der Waals surface area contributed by atoms with Crippen LogP contribution in [0.3, 0.4) is 0 Å². The molecule has 2 heterocycles. The highest BCUT2D eigenvalue weighted by molar-refractivity contribution is 7.18. The minimum absolute atomic E-state index is 0.0403. The number of carbonyl (C=O) groups is 1. The van der Waals surface area contributed by atoms with Crippen molar-refractivity contribution in [1.82, 2.24) is 5.16 Å². The fraction of sp³-hybridized carbons (Fsp3) is 0.111. The fourth-order valence-electron chi connectivity index (χ4n) is 1.20. The predicted octanol–water partition coefficient (Wildman–Crippen LogP) is 2.86. The van der Waals surface area contributed by atoms with Crippen LogP contribution in [0.5, 0.6) is 0 Å². The molecule has 7 nitrogen and oxygen atoms in total. The Morgan fingerprint density at radius 3 is 2.83 bits per heavy atom. The Balaban J connectivity index is 2.19. The second kappa shape index (κ2) is 4.75. The average Bonchev–Trinajstić information content (AvgIpc) is 2.85. The van der Waals surface area contributed by atoms with Gasteiger partial charge in [0, 0.05) is 12.1 Å². The summed E-state index contributed by atoms with van der Waals surface area (Å²) in [5.74, 6) is 0.258. The summed E-state index contributed by atoms with van der Waals surface area (Å²) in [4.78, 5) is 21.8. The highest BCUT2D eigenvalue weighted by atomic mass is 35.5. The van der Waals surface area contributed by atoms with E-state index in [0.717, 1.165) is 17.4 Å². The Bertz CT molecular complexity index is 621. The number of carbonyl (C=O) groups excluding carboxylic acids is 1. The number of halogens is 1. The first kappa shape index (κ1) is 12.5. The lowest BCUT2D eigenvalue weighted by Gasteiger charge is -1.95. The van der Waals surface area contributed by atoms with Gasteiger partial charge in [0.05, 0.1) is 4.92 Å². The van der Waals surface area contributed by atoms with E-state index in [0.29, 0.717) is 5.76 Å². The standard InChI is InChI=1S/C9H6ClN3O4S/c1-4-2-7(12-17-4)11-9(14)6-3-5(13(15)16)8(10)18-6/h2-3H,1H3,(H,11,12,14). The summed E-state index contributed by atoms with van der Waals surface area (Å²) >= 11 is 6.48. The van der Waals surface area contributed by atoms with Crippen LogP contribution in [-0.4, -0.2) is 16.0 Å². The lowest BCUT2D eigenvalue weighted by Crippen LogP contribution is -2.10. The number of thiophene rings is 1.